The molecule has 0 aliphatic rings. The van der Waals surface area contributed by atoms with E-state index in [2.05, 4.69) is 35.2 Å². The molecule has 0 spiro atoms. The molecule has 0 aliphatic heterocycles. The highest BCUT2D eigenvalue weighted by molar-refractivity contribution is 7.09. The Kier molecular flexibility index (Phi) is 5.71. The van der Waals surface area contributed by atoms with Crippen molar-refractivity contribution in [1.29, 1.82) is 0 Å². The first kappa shape index (κ1) is 20.0. The Morgan fingerprint density at radius 1 is 1.07 bits per heavy atom. The summed E-state index contributed by atoms with van der Waals surface area (Å²) >= 11 is 1.36. The lowest BCUT2D eigenvalue weighted by Crippen LogP contribution is -2.26. The molecule has 0 saturated heterocycles. The number of methoxy groups -OCH3 is 1. The first-order valence-electron chi connectivity index (χ1n) is 9.48. The summed E-state index contributed by atoms with van der Waals surface area (Å²) in [5, 5.41) is 16.1. The smallest absolute Gasteiger partial charge is 0.152 e. The van der Waals surface area contributed by atoms with Crippen LogP contribution in [0.3, 0.4) is 0 Å². The van der Waals surface area contributed by atoms with Gasteiger partial charge in [0.25, 0.3) is 0 Å². The van der Waals surface area contributed by atoms with E-state index in [1.807, 2.05) is 23.6 Å². The van der Waals surface area contributed by atoms with Gasteiger partial charge in [-0.05, 0) is 40.1 Å². The Labute approximate surface area is 179 Å². The molecule has 1 N–H and O–H groups in total. The summed E-state index contributed by atoms with van der Waals surface area (Å²) in [7, 11) is 1.58. The zero-order valence-corrected chi connectivity index (χ0v) is 17.4. The molecule has 1 atom stereocenters. The van der Waals surface area contributed by atoms with E-state index in [1.54, 1.807) is 31.5 Å². The normalized spacial score (nSPS) is 12.8. The summed E-state index contributed by atoms with van der Waals surface area (Å²) < 4.78 is 11.5. The largest absolute Gasteiger partial charge is 0.497 e. The molecule has 0 fully saturated rings. The lowest BCUT2D eigenvalue weighted by Gasteiger charge is -2.25. The summed E-state index contributed by atoms with van der Waals surface area (Å²) in [5.41, 5.74) is 0.235. The Morgan fingerprint density at radius 2 is 1.87 bits per heavy atom. The number of aromatic nitrogens is 1. The van der Waals surface area contributed by atoms with Gasteiger partial charge in [-0.1, -0.05) is 36.4 Å². The molecule has 0 amide bonds. The van der Waals surface area contributed by atoms with Crippen molar-refractivity contribution in [2.24, 2.45) is 0 Å². The van der Waals surface area contributed by atoms with E-state index in [4.69, 9.17) is 15.9 Å². The van der Waals surface area contributed by atoms with Gasteiger partial charge in [0.15, 0.2) is 5.60 Å². The first-order chi connectivity index (χ1) is 14.6. The molecule has 1 aromatic heterocycles. The van der Waals surface area contributed by atoms with Gasteiger partial charge in [0.05, 0.1) is 7.11 Å². The summed E-state index contributed by atoms with van der Waals surface area (Å²) in [6, 6.07) is 19.8. The van der Waals surface area contributed by atoms with Gasteiger partial charge in [-0.2, -0.15) is 0 Å². The fourth-order valence-corrected chi connectivity index (χ4v) is 4.14. The second-order valence-electron chi connectivity index (χ2n) is 6.95. The summed E-state index contributed by atoms with van der Waals surface area (Å²) in [6.45, 7) is 0.391. The van der Waals surface area contributed by atoms with Crippen LogP contribution in [0.25, 0.3) is 10.8 Å². The van der Waals surface area contributed by atoms with Gasteiger partial charge in [-0.15, -0.1) is 23.7 Å². The topological polar surface area (TPSA) is 51.6 Å². The van der Waals surface area contributed by atoms with Gasteiger partial charge >= 0.3 is 0 Å². The molecular formula is C25H21NO3S. The van der Waals surface area contributed by atoms with Crippen molar-refractivity contribution in [3.8, 4) is 23.8 Å². The zero-order chi connectivity index (χ0) is 21.0. The highest BCUT2D eigenvalue weighted by Crippen LogP contribution is 2.38. The molecule has 150 valence electrons. The van der Waals surface area contributed by atoms with Crippen molar-refractivity contribution in [3.05, 3.63) is 88.4 Å². The van der Waals surface area contributed by atoms with Crippen molar-refractivity contribution < 1.29 is 14.6 Å². The number of thiazole rings is 1. The Morgan fingerprint density at radius 3 is 2.60 bits per heavy atom. The second-order valence-corrected chi connectivity index (χ2v) is 7.84. The Hall–Kier alpha value is -3.33. The third-order valence-electron chi connectivity index (χ3n) is 4.96. The lowest BCUT2D eigenvalue weighted by atomic mass is 9.91. The lowest BCUT2D eigenvalue weighted by molar-refractivity contribution is 0.0855. The van der Waals surface area contributed by atoms with Gasteiger partial charge in [-0.3, -0.25) is 0 Å². The number of nitrogens with zero attached hydrogens (tertiary/aromatic N) is 1. The summed E-state index contributed by atoms with van der Waals surface area (Å²) in [6.07, 6.45) is 7.30. The zero-order valence-electron chi connectivity index (χ0n) is 16.5. The van der Waals surface area contributed by atoms with Crippen molar-refractivity contribution in [3.63, 3.8) is 0 Å². The van der Waals surface area contributed by atoms with E-state index in [1.165, 1.54) is 16.7 Å². The number of terminal acetylenes is 1. The van der Waals surface area contributed by atoms with Crippen LogP contribution in [0.5, 0.6) is 11.5 Å². The molecule has 1 unspecified atom stereocenters. The molecule has 4 nitrogen and oxygen atoms in total. The average Bonchev–Trinajstić information content (AvgIpc) is 3.33. The van der Waals surface area contributed by atoms with Crippen LogP contribution in [0.2, 0.25) is 0 Å². The minimum Gasteiger partial charge on any atom is -0.497 e. The van der Waals surface area contributed by atoms with Crippen molar-refractivity contribution >= 4 is 22.1 Å². The number of benzene rings is 3. The van der Waals surface area contributed by atoms with Crippen LogP contribution < -0.4 is 9.47 Å². The van der Waals surface area contributed by atoms with Crippen molar-refractivity contribution in [2.45, 2.75) is 18.6 Å². The summed E-state index contributed by atoms with van der Waals surface area (Å²) in [5.74, 6) is 3.73. The second kappa shape index (κ2) is 8.58. The van der Waals surface area contributed by atoms with Crippen LogP contribution in [0.4, 0.5) is 0 Å². The standard InChI is InChI=1S/C25H21NO3S/c1-3-10-25(27,24-26-11-12-30-24)21-14-22(28-2)16-23(15-21)29-17-18-8-9-19-6-4-5-7-20(19)13-18/h1,4-9,11-16,27H,10,17H2,2H3. The third-order valence-corrected chi connectivity index (χ3v) is 5.88. The minimum atomic E-state index is -1.40. The van der Waals surface area contributed by atoms with E-state index in [-0.39, 0.29) is 6.42 Å². The van der Waals surface area contributed by atoms with Gasteiger partial charge in [0.1, 0.15) is 23.1 Å². The van der Waals surface area contributed by atoms with Gasteiger partial charge in [0, 0.05) is 24.1 Å². The molecule has 4 rings (SSSR count). The molecule has 5 heteroatoms. The summed E-state index contributed by atoms with van der Waals surface area (Å²) in [4.78, 5) is 4.28. The van der Waals surface area contributed by atoms with Crippen molar-refractivity contribution in [1.82, 2.24) is 4.98 Å². The highest BCUT2D eigenvalue weighted by Gasteiger charge is 2.34. The van der Waals surface area contributed by atoms with E-state index < -0.39 is 5.60 Å². The minimum absolute atomic E-state index is 0.0950. The molecule has 3 aromatic carbocycles. The average molecular weight is 416 g/mol. The number of fused-ring (bicyclic) bond motifs is 1. The Balaban J connectivity index is 1.64. The van der Waals surface area contributed by atoms with E-state index >= 15 is 0 Å². The number of rotatable bonds is 7. The third kappa shape index (κ3) is 4.02. The van der Waals surface area contributed by atoms with Gasteiger partial charge in [-0.25, -0.2) is 4.98 Å². The molecule has 1 heterocycles. The molecule has 0 aliphatic carbocycles. The monoisotopic (exact) mass is 415 g/mol. The Bertz CT molecular complexity index is 1200. The molecule has 0 bridgehead atoms. The van der Waals surface area contributed by atoms with Crippen LogP contribution in [0, 0.1) is 12.3 Å². The van der Waals surface area contributed by atoms with Gasteiger partial charge in [0.2, 0.25) is 0 Å². The maximum absolute atomic E-state index is 11.4. The SMILES string of the molecule is C#CCC(O)(c1cc(OC)cc(OCc2ccc3ccccc3c2)c1)c1nccs1. The van der Waals surface area contributed by atoms with Gasteiger partial charge < -0.3 is 14.6 Å². The van der Waals surface area contributed by atoms with Crippen LogP contribution in [0.1, 0.15) is 22.6 Å². The molecular weight excluding hydrogens is 394 g/mol. The van der Waals surface area contributed by atoms with Crippen LogP contribution in [-0.2, 0) is 12.2 Å². The molecule has 0 saturated carbocycles. The molecule has 4 aromatic rings. The predicted molar refractivity (Wildman–Crippen MR) is 120 cm³/mol. The highest BCUT2D eigenvalue weighted by atomic mass is 32.1. The first-order valence-corrected chi connectivity index (χ1v) is 10.4. The predicted octanol–water partition coefficient (Wildman–Crippen LogP) is 5.14. The van der Waals surface area contributed by atoms with Crippen LogP contribution >= 0.6 is 11.3 Å². The van der Waals surface area contributed by atoms with Crippen molar-refractivity contribution in [2.75, 3.05) is 7.11 Å². The number of aliphatic hydroxyl groups is 1. The number of ether oxygens (including phenoxy) is 2. The molecule has 0 radical (unpaired) electrons. The van der Waals surface area contributed by atoms with Crippen LogP contribution in [-0.4, -0.2) is 17.2 Å². The number of hydrogen-bond donors (Lipinski definition) is 1. The number of hydrogen-bond acceptors (Lipinski definition) is 5. The van der Waals surface area contributed by atoms with E-state index in [0.717, 1.165) is 10.9 Å². The maximum Gasteiger partial charge on any atom is 0.152 e. The molecule has 30 heavy (non-hydrogen) atoms. The fourth-order valence-electron chi connectivity index (χ4n) is 3.38. The van der Waals surface area contributed by atoms with E-state index in [9.17, 15) is 5.11 Å². The maximum atomic E-state index is 11.4. The fraction of sp³-hybridized carbons (Fsp3) is 0.160. The quantitative estimate of drug-likeness (QED) is 0.425. The van der Waals surface area contributed by atoms with E-state index in [0.29, 0.717) is 28.7 Å². The van der Waals surface area contributed by atoms with Crippen LogP contribution in [0.15, 0.2) is 72.2 Å².